The monoisotopic (exact) mass is 401 g/mol. The van der Waals surface area contributed by atoms with E-state index in [1.165, 1.54) is 12.4 Å². The third-order valence-electron chi connectivity index (χ3n) is 3.34. The number of hydrogen-bond acceptors (Lipinski definition) is 5. The van der Waals surface area contributed by atoms with Crippen molar-refractivity contribution in [2.45, 2.75) is 0 Å². The molecule has 0 spiro atoms. The Labute approximate surface area is 164 Å². The summed E-state index contributed by atoms with van der Waals surface area (Å²) in [4.78, 5) is 22.8. The Balaban J connectivity index is 1.77. The van der Waals surface area contributed by atoms with Crippen molar-refractivity contribution >= 4 is 58.6 Å². The predicted octanol–water partition coefficient (Wildman–Crippen LogP) is 5.18. The molecular formula is C18H13Cl2N5O2. The van der Waals surface area contributed by atoms with Crippen molar-refractivity contribution in [1.82, 2.24) is 15.0 Å². The van der Waals surface area contributed by atoms with E-state index in [2.05, 4.69) is 25.6 Å². The van der Waals surface area contributed by atoms with E-state index < -0.39 is 6.09 Å². The highest BCUT2D eigenvalue weighted by molar-refractivity contribution is 6.33. The molecule has 0 atom stereocenters. The molecule has 0 unspecified atom stereocenters. The van der Waals surface area contributed by atoms with Crippen molar-refractivity contribution in [1.29, 1.82) is 0 Å². The molecule has 0 aliphatic carbocycles. The van der Waals surface area contributed by atoms with Gasteiger partial charge in [0.15, 0.2) is 5.82 Å². The Bertz CT molecular complexity index is 1010. The normalized spacial score (nSPS) is 10.7. The maximum Gasteiger partial charge on any atom is 0.409 e. The molecule has 0 radical (unpaired) electrons. The number of rotatable bonds is 5. The second-order valence-electron chi connectivity index (χ2n) is 5.32. The van der Waals surface area contributed by atoms with E-state index >= 15 is 0 Å². The fraction of sp³-hybridized carbons (Fsp3) is 0. The lowest BCUT2D eigenvalue weighted by molar-refractivity contribution is 0.210. The van der Waals surface area contributed by atoms with Crippen LogP contribution in [-0.4, -0.2) is 26.2 Å². The van der Waals surface area contributed by atoms with Gasteiger partial charge in [0.1, 0.15) is 5.02 Å². The van der Waals surface area contributed by atoms with Crippen LogP contribution in [0.4, 0.5) is 22.0 Å². The molecule has 0 fully saturated rings. The Morgan fingerprint density at radius 1 is 1.07 bits per heavy atom. The van der Waals surface area contributed by atoms with E-state index in [-0.39, 0.29) is 5.28 Å². The number of amides is 1. The zero-order valence-electron chi connectivity index (χ0n) is 13.7. The summed E-state index contributed by atoms with van der Waals surface area (Å²) in [5, 5.41) is 14.6. The van der Waals surface area contributed by atoms with Crippen LogP contribution in [0.1, 0.15) is 11.3 Å². The fourth-order valence-corrected chi connectivity index (χ4v) is 2.48. The summed E-state index contributed by atoms with van der Waals surface area (Å²) in [6, 6.07) is 10.7. The van der Waals surface area contributed by atoms with Gasteiger partial charge in [-0.25, -0.2) is 9.78 Å². The summed E-state index contributed by atoms with van der Waals surface area (Å²) in [7, 11) is 0. The Morgan fingerprint density at radius 3 is 2.74 bits per heavy atom. The largest absolute Gasteiger partial charge is 0.465 e. The van der Waals surface area contributed by atoms with Crippen molar-refractivity contribution in [3.05, 3.63) is 70.4 Å². The Hall–Kier alpha value is -3.16. The zero-order chi connectivity index (χ0) is 19.2. The van der Waals surface area contributed by atoms with Gasteiger partial charge in [-0.3, -0.25) is 10.3 Å². The highest BCUT2D eigenvalue weighted by Gasteiger charge is 2.05. The number of aromatic nitrogens is 3. The lowest BCUT2D eigenvalue weighted by atomic mass is 10.1. The molecule has 0 aliphatic heterocycles. The molecule has 27 heavy (non-hydrogen) atoms. The Morgan fingerprint density at radius 2 is 1.93 bits per heavy atom. The number of nitrogens with zero attached hydrogens (tertiary/aromatic N) is 3. The molecular weight excluding hydrogens is 389 g/mol. The molecule has 0 bridgehead atoms. The Kier molecular flexibility index (Phi) is 5.85. The van der Waals surface area contributed by atoms with Crippen LogP contribution in [-0.2, 0) is 0 Å². The van der Waals surface area contributed by atoms with Crippen molar-refractivity contribution in [2.75, 3.05) is 10.6 Å². The second-order valence-corrected chi connectivity index (χ2v) is 6.06. The zero-order valence-corrected chi connectivity index (χ0v) is 15.2. The third kappa shape index (κ3) is 5.40. The van der Waals surface area contributed by atoms with Gasteiger partial charge < -0.3 is 10.4 Å². The van der Waals surface area contributed by atoms with Gasteiger partial charge in [0.25, 0.3) is 0 Å². The van der Waals surface area contributed by atoms with Crippen molar-refractivity contribution in [3.8, 4) is 0 Å². The lowest BCUT2D eigenvalue weighted by Crippen LogP contribution is -2.07. The van der Waals surface area contributed by atoms with E-state index in [1.54, 1.807) is 18.2 Å². The van der Waals surface area contributed by atoms with Gasteiger partial charge in [0, 0.05) is 17.6 Å². The quantitative estimate of drug-likeness (QED) is 0.509. The molecule has 136 valence electrons. The van der Waals surface area contributed by atoms with Gasteiger partial charge in [0.05, 0.1) is 11.9 Å². The maximum atomic E-state index is 10.7. The van der Waals surface area contributed by atoms with Crippen molar-refractivity contribution in [3.63, 3.8) is 0 Å². The minimum atomic E-state index is -1.13. The van der Waals surface area contributed by atoms with Gasteiger partial charge in [-0.05, 0) is 47.5 Å². The summed E-state index contributed by atoms with van der Waals surface area (Å²) in [5.74, 6) is 0.409. The molecule has 0 saturated heterocycles. The SMILES string of the molecule is O=C(O)Nc1ccnc(C=Cc2cccc(Nc3nc(Cl)ncc3Cl)c2)c1. The van der Waals surface area contributed by atoms with Gasteiger partial charge in [0.2, 0.25) is 5.28 Å². The molecule has 1 amide bonds. The maximum absolute atomic E-state index is 10.7. The summed E-state index contributed by atoms with van der Waals surface area (Å²) >= 11 is 11.9. The molecule has 2 aromatic heterocycles. The topological polar surface area (TPSA) is 100 Å². The fourth-order valence-electron chi connectivity index (χ4n) is 2.21. The van der Waals surface area contributed by atoms with Gasteiger partial charge >= 0.3 is 6.09 Å². The number of halogens is 2. The van der Waals surface area contributed by atoms with Crippen LogP contribution in [0.3, 0.4) is 0 Å². The van der Waals surface area contributed by atoms with Crippen LogP contribution in [0.5, 0.6) is 0 Å². The number of nitrogens with one attached hydrogen (secondary N) is 2. The van der Waals surface area contributed by atoms with Gasteiger partial charge in [-0.1, -0.05) is 29.8 Å². The smallest absolute Gasteiger partial charge is 0.409 e. The summed E-state index contributed by atoms with van der Waals surface area (Å²) in [5.41, 5.74) is 2.73. The highest BCUT2D eigenvalue weighted by Crippen LogP contribution is 2.24. The first-order chi connectivity index (χ1) is 13.0. The van der Waals surface area contributed by atoms with Gasteiger partial charge in [-0.2, -0.15) is 4.98 Å². The summed E-state index contributed by atoms with van der Waals surface area (Å²) in [6.45, 7) is 0. The standard InChI is InChI=1S/C18H13Cl2N5O2/c19-15-10-22-17(20)25-16(15)23-13-3-1-2-11(8-13)4-5-12-9-14(6-7-21-12)24-18(26)27/h1-10H,(H,21,24)(H,26,27)(H,22,23,25). The molecule has 1 aromatic carbocycles. The van der Waals surface area contributed by atoms with Crippen LogP contribution >= 0.6 is 23.2 Å². The number of carboxylic acid groups (broad SMARTS) is 1. The van der Waals surface area contributed by atoms with Gasteiger partial charge in [-0.15, -0.1) is 0 Å². The van der Waals surface area contributed by atoms with E-state index in [0.29, 0.717) is 22.2 Å². The molecule has 3 rings (SSSR count). The van der Waals surface area contributed by atoms with Crippen LogP contribution in [0, 0.1) is 0 Å². The van der Waals surface area contributed by atoms with E-state index in [0.717, 1.165) is 11.3 Å². The van der Waals surface area contributed by atoms with Crippen LogP contribution in [0.25, 0.3) is 12.2 Å². The number of pyridine rings is 1. The second kappa shape index (κ2) is 8.48. The first-order valence-electron chi connectivity index (χ1n) is 7.69. The molecule has 2 heterocycles. The molecule has 3 aromatic rings. The molecule has 0 aliphatic rings. The van der Waals surface area contributed by atoms with Crippen LogP contribution in [0.15, 0.2) is 48.8 Å². The molecule has 0 saturated carbocycles. The summed E-state index contributed by atoms with van der Waals surface area (Å²) in [6.07, 6.45) is 5.46. The molecule has 7 nitrogen and oxygen atoms in total. The number of benzene rings is 1. The van der Waals surface area contributed by atoms with E-state index in [1.807, 2.05) is 30.3 Å². The molecule has 3 N–H and O–H groups in total. The van der Waals surface area contributed by atoms with Crippen molar-refractivity contribution in [2.24, 2.45) is 0 Å². The van der Waals surface area contributed by atoms with Crippen LogP contribution in [0.2, 0.25) is 10.3 Å². The first kappa shape index (κ1) is 18.6. The highest BCUT2D eigenvalue weighted by atomic mass is 35.5. The first-order valence-corrected chi connectivity index (χ1v) is 8.44. The number of carbonyl (C=O) groups is 1. The molecule has 9 heteroatoms. The average Bonchev–Trinajstić information content (AvgIpc) is 2.63. The predicted molar refractivity (Wildman–Crippen MR) is 107 cm³/mol. The lowest BCUT2D eigenvalue weighted by Gasteiger charge is -2.08. The minimum absolute atomic E-state index is 0.0962. The minimum Gasteiger partial charge on any atom is -0.465 e. The van der Waals surface area contributed by atoms with Crippen molar-refractivity contribution < 1.29 is 9.90 Å². The van der Waals surface area contributed by atoms with E-state index in [4.69, 9.17) is 28.3 Å². The average molecular weight is 402 g/mol. The summed E-state index contributed by atoms with van der Waals surface area (Å²) < 4.78 is 0. The van der Waals surface area contributed by atoms with E-state index in [9.17, 15) is 4.79 Å². The van der Waals surface area contributed by atoms with Crippen LogP contribution < -0.4 is 10.6 Å². The third-order valence-corrected chi connectivity index (χ3v) is 3.80. The number of anilines is 3. The number of hydrogen-bond donors (Lipinski definition) is 3.